The molecule has 0 amide bonds. The van der Waals surface area contributed by atoms with Gasteiger partial charge in [-0.1, -0.05) is 23.4 Å². The van der Waals surface area contributed by atoms with Gasteiger partial charge in [0.15, 0.2) is 11.4 Å². The summed E-state index contributed by atoms with van der Waals surface area (Å²) in [6.45, 7) is 1.78. The molecule has 12 nitrogen and oxygen atoms in total. The molecule has 6 aromatic rings. The molecule has 0 bridgehead atoms. The number of hydrogen-bond donors (Lipinski definition) is 0. The van der Waals surface area contributed by atoms with Gasteiger partial charge in [-0.2, -0.15) is 0 Å². The number of nitrogens with zero attached hydrogens (tertiary/aromatic N) is 7. The van der Waals surface area contributed by atoms with Crippen molar-refractivity contribution in [3.63, 3.8) is 0 Å². The minimum atomic E-state index is -3.97. The number of halogens is 1. The van der Waals surface area contributed by atoms with Gasteiger partial charge in [-0.05, 0) is 55.3 Å². The highest BCUT2D eigenvalue weighted by Gasteiger charge is 2.21. The van der Waals surface area contributed by atoms with E-state index >= 15 is 0 Å². The van der Waals surface area contributed by atoms with Crippen LogP contribution in [0.1, 0.15) is 17.7 Å². The van der Waals surface area contributed by atoms with Crippen molar-refractivity contribution in [3.05, 3.63) is 98.8 Å². The molecule has 0 aliphatic rings. The van der Waals surface area contributed by atoms with Crippen LogP contribution in [0, 0.1) is 12.7 Å². The van der Waals surface area contributed by atoms with Crippen molar-refractivity contribution in [1.29, 1.82) is 0 Å². The molecule has 0 saturated carbocycles. The highest BCUT2D eigenvalue weighted by molar-refractivity contribution is 7.91. The second-order valence-electron chi connectivity index (χ2n) is 9.88. The van der Waals surface area contributed by atoms with Crippen LogP contribution in [0.3, 0.4) is 0 Å². The van der Waals surface area contributed by atoms with Crippen LogP contribution in [0.2, 0.25) is 0 Å². The molecule has 214 valence electrons. The average molecular weight is 590 g/mol. The highest BCUT2D eigenvalue weighted by Crippen LogP contribution is 2.21. The van der Waals surface area contributed by atoms with Gasteiger partial charge in [0.25, 0.3) is 5.56 Å². The van der Waals surface area contributed by atoms with E-state index in [-0.39, 0.29) is 36.5 Å². The number of aromatic nitrogens is 7. The van der Waals surface area contributed by atoms with Crippen molar-refractivity contribution in [2.75, 3.05) is 5.75 Å². The zero-order chi connectivity index (χ0) is 29.6. The molecule has 42 heavy (non-hydrogen) atoms. The monoisotopic (exact) mass is 589 g/mol. The molecule has 0 fully saturated rings. The van der Waals surface area contributed by atoms with Crippen molar-refractivity contribution in [1.82, 2.24) is 34.1 Å². The quantitative estimate of drug-likeness (QED) is 0.244. The molecule has 0 N–H and O–H groups in total. The summed E-state index contributed by atoms with van der Waals surface area (Å²) in [6.07, 6.45) is 1.54. The number of oxazole rings is 1. The van der Waals surface area contributed by atoms with E-state index in [2.05, 4.69) is 20.3 Å². The van der Waals surface area contributed by atoms with Crippen LogP contribution in [0.4, 0.5) is 4.39 Å². The van der Waals surface area contributed by atoms with Gasteiger partial charge in [0.05, 0.1) is 29.0 Å². The van der Waals surface area contributed by atoms with E-state index in [9.17, 15) is 22.4 Å². The topological polar surface area (TPSA) is 148 Å². The van der Waals surface area contributed by atoms with Gasteiger partial charge in [0, 0.05) is 31.0 Å². The van der Waals surface area contributed by atoms with Crippen molar-refractivity contribution in [3.8, 4) is 11.3 Å². The maximum absolute atomic E-state index is 14.8. The van der Waals surface area contributed by atoms with E-state index in [0.717, 1.165) is 17.1 Å². The first-order valence-electron chi connectivity index (χ1n) is 12.9. The lowest BCUT2D eigenvalue weighted by Gasteiger charge is -2.11. The SMILES string of the molecule is Cc1cc(-c2cc(F)c(=O)n(Cc3ccc4nnn(C)c4c3)c2)nc(S(=O)(=O)CCCn2c(=O)oc3ccccc32)n1. The first kappa shape index (κ1) is 27.2. The molecule has 0 saturated heterocycles. The lowest BCUT2D eigenvalue weighted by atomic mass is 10.1. The van der Waals surface area contributed by atoms with Crippen molar-refractivity contribution >= 4 is 32.0 Å². The predicted molar refractivity (Wildman–Crippen MR) is 151 cm³/mol. The molecule has 0 spiro atoms. The van der Waals surface area contributed by atoms with Gasteiger partial charge in [0.2, 0.25) is 15.0 Å². The molecule has 0 aliphatic carbocycles. The van der Waals surface area contributed by atoms with Gasteiger partial charge in [-0.15, -0.1) is 5.10 Å². The molecule has 4 aromatic heterocycles. The first-order valence-corrected chi connectivity index (χ1v) is 14.6. The van der Waals surface area contributed by atoms with Crippen LogP contribution in [0.25, 0.3) is 33.4 Å². The van der Waals surface area contributed by atoms with Gasteiger partial charge in [-0.25, -0.2) is 32.3 Å². The zero-order valence-corrected chi connectivity index (χ0v) is 23.4. The Labute approximate surface area is 237 Å². The second-order valence-corrected chi connectivity index (χ2v) is 11.9. The third-order valence-electron chi connectivity index (χ3n) is 6.85. The molecule has 0 radical (unpaired) electrons. The molecular weight excluding hydrogens is 565 g/mol. The molecule has 4 heterocycles. The Morgan fingerprint density at radius 2 is 1.81 bits per heavy atom. The number of para-hydroxylation sites is 2. The summed E-state index contributed by atoms with van der Waals surface area (Å²) < 4.78 is 50.6. The van der Waals surface area contributed by atoms with Gasteiger partial charge in [-0.3, -0.25) is 9.36 Å². The third-order valence-corrected chi connectivity index (χ3v) is 8.41. The Kier molecular flexibility index (Phi) is 6.77. The summed E-state index contributed by atoms with van der Waals surface area (Å²) in [5.41, 5.74) is 3.03. The smallest absolute Gasteiger partial charge is 0.408 e. The largest absolute Gasteiger partial charge is 0.419 e. The van der Waals surface area contributed by atoms with Crippen LogP contribution in [-0.2, 0) is 30.0 Å². The van der Waals surface area contributed by atoms with Gasteiger partial charge in [0.1, 0.15) is 5.52 Å². The van der Waals surface area contributed by atoms with Gasteiger partial charge < -0.3 is 8.98 Å². The standard InChI is InChI=1S/C28H24FN7O5S/c1-17-12-22(19-14-20(29)26(37)35(16-19)15-18-8-9-21-24(13-18)34(2)33-32-21)31-27(30-17)42(39,40)11-5-10-36-23-6-3-4-7-25(23)41-28(36)38/h3-4,6-9,12-14,16H,5,10-11,15H2,1-2H3. The lowest BCUT2D eigenvalue weighted by Crippen LogP contribution is -2.23. The summed E-state index contributed by atoms with van der Waals surface area (Å²) in [7, 11) is -2.23. The zero-order valence-electron chi connectivity index (χ0n) is 22.6. The fourth-order valence-corrected chi connectivity index (χ4v) is 6.00. The van der Waals surface area contributed by atoms with E-state index in [4.69, 9.17) is 4.42 Å². The fraction of sp³-hybridized carbons (Fsp3) is 0.214. The molecular formula is C28H24FN7O5S. The normalized spacial score (nSPS) is 12.0. The van der Waals surface area contributed by atoms with Crippen molar-refractivity contribution in [2.24, 2.45) is 7.05 Å². The first-order chi connectivity index (χ1) is 20.1. The lowest BCUT2D eigenvalue weighted by molar-refractivity contribution is 0.501. The number of aryl methyl sites for hydroxylation is 3. The Morgan fingerprint density at radius 1 is 1.00 bits per heavy atom. The number of pyridine rings is 1. The summed E-state index contributed by atoms with van der Waals surface area (Å²) in [6, 6.07) is 14.8. The Hall–Kier alpha value is -4.98. The number of hydrogen-bond acceptors (Lipinski definition) is 9. The Bertz CT molecular complexity index is 2220. The summed E-state index contributed by atoms with van der Waals surface area (Å²) in [5, 5.41) is 7.58. The number of sulfone groups is 1. The maximum atomic E-state index is 14.8. The number of benzene rings is 2. The van der Waals surface area contributed by atoms with Crippen LogP contribution >= 0.6 is 0 Å². The van der Waals surface area contributed by atoms with E-state index in [1.54, 1.807) is 55.1 Å². The minimum Gasteiger partial charge on any atom is -0.408 e. The van der Waals surface area contributed by atoms with Crippen molar-refractivity contribution in [2.45, 2.75) is 31.6 Å². The molecule has 14 heteroatoms. The maximum Gasteiger partial charge on any atom is 0.419 e. The highest BCUT2D eigenvalue weighted by atomic mass is 32.2. The third kappa shape index (κ3) is 5.11. The fourth-order valence-electron chi connectivity index (χ4n) is 4.79. The average Bonchev–Trinajstić information content (AvgIpc) is 3.49. The van der Waals surface area contributed by atoms with Crippen LogP contribution in [0.15, 0.2) is 80.0 Å². The Balaban J connectivity index is 1.27. The molecule has 0 atom stereocenters. The van der Waals surface area contributed by atoms with Crippen LogP contribution in [0.5, 0.6) is 0 Å². The number of rotatable bonds is 8. The number of fused-ring (bicyclic) bond motifs is 2. The van der Waals surface area contributed by atoms with E-state index in [0.29, 0.717) is 22.3 Å². The summed E-state index contributed by atoms with van der Waals surface area (Å²) in [4.78, 5) is 33.2. The van der Waals surface area contributed by atoms with E-state index in [1.807, 2.05) is 6.07 Å². The minimum absolute atomic E-state index is 0.0575. The van der Waals surface area contributed by atoms with Crippen molar-refractivity contribution < 1.29 is 17.2 Å². The van der Waals surface area contributed by atoms with E-state index in [1.165, 1.54) is 21.4 Å². The molecule has 0 unspecified atom stereocenters. The van der Waals surface area contributed by atoms with E-state index < -0.39 is 32.1 Å². The summed E-state index contributed by atoms with van der Waals surface area (Å²) in [5.74, 6) is -1.91. The molecule has 0 aliphatic heterocycles. The summed E-state index contributed by atoms with van der Waals surface area (Å²) >= 11 is 0. The molecule has 6 rings (SSSR count). The van der Waals surface area contributed by atoms with Gasteiger partial charge >= 0.3 is 5.76 Å². The van der Waals surface area contributed by atoms with Crippen LogP contribution in [-0.4, -0.2) is 48.3 Å². The predicted octanol–water partition coefficient (Wildman–Crippen LogP) is 2.85. The molecule has 2 aromatic carbocycles. The van der Waals surface area contributed by atoms with Crippen LogP contribution < -0.4 is 11.3 Å². The Morgan fingerprint density at radius 3 is 2.64 bits per heavy atom. The second kappa shape index (κ2) is 10.4.